The summed E-state index contributed by atoms with van der Waals surface area (Å²) in [6, 6.07) is 20.9. The van der Waals surface area contributed by atoms with Gasteiger partial charge in [0.15, 0.2) is 0 Å². The Morgan fingerprint density at radius 1 is 1.09 bits per heavy atom. The van der Waals surface area contributed by atoms with Gasteiger partial charge < -0.3 is 10.1 Å². The zero-order valence-corrected chi connectivity index (χ0v) is 20.7. The van der Waals surface area contributed by atoms with E-state index in [9.17, 15) is 20.2 Å². The molecule has 7 nitrogen and oxygen atoms in total. The van der Waals surface area contributed by atoms with Crippen LogP contribution in [0.5, 0.6) is 5.75 Å². The largest absolute Gasteiger partial charge is 0.487 e. The first kappa shape index (κ1) is 23.7. The number of nitrogens with zero attached hydrogens (tertiary/aromatic N) is 2. The van der Waals surface area contributed by atoms with Crippen LogP contribution in [-0.4, -0.2) is 10.8 Å². The van der Waals surface area contributed by atoms with E-state index < -0.39 is 10.8 Å². The summed E-state index contributed by atoms with van der Waals surface area (Å²) in [5, 5.41) is 22.9. The van der Waals surface area contributed by atoms with Crippen LogP contribution in [0.3, 0.4) is 0 Å². The van der Waals surface area contributed by atoms with Crippen LogP contribution in [0.15, 0.2) is 72.3 Å². The molecule has 9 heteroatoms. The van der Waals surface area contributed by atoms with Gasteiger partial charge in [0.05, 0.1) is 12.1 Å². The van der Waals surface area contributed by atoms with Crippen molar-refractivity contribution in [1.29, 1.82) is 5.26 Å². The van der Waals surface area contributed by atoms with E-state index in [-0.39, 0.29) is 16.9 Å². The van der Waals surface area contributed by atoms with E-state index in [1.807, 2.05) is 48.5 Å². The summed E-state index contributed by atoms with van der Waals surface area (Å²) in [6.07, 6.45) is 1.47. The molecule has 0 aliphatic rings. The lowest BCUT2D eigenvalue weighted by Gasteiger charge is -2.12. The summed E-state index contributed by atoms with van der Waals surface area (Å²) < 4.78 is 7.64. The van der Waals surface area contributed by atoms with E-state index in [1.165, 1.54) is 30.3 Å². The number of benzene rings is 3. The zero-order chi connectivity index (χ0) is 23.1. The van der Waals surface area contributed by atoms with Crippen molar-refractivity contribution >= 4 is 68.5 Å². The van der Waals surface area contributed by atoms with Crippen LogP contribution in [0.25, 0.3) is 6.08 Å². The van der Waals surface area contributed by atoms with Gasteiger partial charge in [0.1, 0.15) is 24.0 Å². The minimum atomic E-state index is -0.651. The number of nitriles is 1. The van der Waals surface area contributed by atoms with Crippen molar-refractivity contribution < 1.29 is 14.5 Å². The average molecular weight is 651 g/mol. The summed E-state index contributed by atoms with van der Waals surface area (Å²) in [7, 11) is 0. The molecule has 0 aromatic heterocycles. The van der Waals surface area contributed by atoms with Crippen LogP contribution in [0.1, 0.15) is 11.1 Å². The van der Waals surface area contributed by atoms with Crippen molar-refractivity contribution in [2.75, 3.05) is 5.32 Å². The summed E-state index contributed by atoms with van der Waals surface area (Å²) >= 11 is 4.31. The lowest BCUT2D eigenvalue weighted by Crippen LogP contribution is -2.13. The number of rotatable bonds is 7. The number of anilines is 1. The fraction of sp³-hybridized carbons (Fsp3) is 0.0435. The average Bonchev–Trinajstić information content (AvgIpc) is 2.77. The molecule has 0 heterocycles. The number of nitrogens with one attached hydrogen (secondary N) is 1. The maximum absolute atomic E-state index is 12.5. The highest BCUT2D eigenvalue weighted by atomic mass is 127. The maximum Gasteiger partial charge on any atom is 0.271 e. The predicted molar refractivity (Wildman–Crippen MR) is 138 cm³/mol. The molecule has 0 bridgehead atoms. The highest BCUT2D eigenvalue weighted by Gasteiger charge is 2.14. The van der Waals surface area contributed by atoms with Gasteiger partial charge in [0.2, 0.25) is 0 Å². The van der Waals surface area contributed by atoms with Gasteiger partial charge in [-0.25, -0.2) is 0 Å². The summed E-state index contributed by atoms with van der Waals surface area (Å²) in [5.74, 6) is 0.0779. The topological polar surface area (TPSA) is 105 Å². The van der Waals surface area contributed by atoms with E-state index in [2.05, 4.69) is 50.5 Å². The third-order valence-corrected chi connectivity index (χ3v) is 5.84. The Morgan fingerprint density at radius 3 is 2.41 bits per heavy atom. The second kappa shape index (κ2) is 11.1. The van der Waals surface area contributed by atoms with Gasteiger partial charge in [0, 0.05) is 17.8 Å². The number of carbonyl (C=O) groups is 1. The van der Waals surface area contributed by atoms with Crippen molar-refractivity contribution in [3.8, 4) is 11.8 Å². The molecule has 0 saturated carbocycles. The smallest absolute Gasteiger partial charge is 0.271 e. The van der Waals surface area contributed by atoms with Gasteiger partial charge in [-0.3, -0.25) is 14.9 Å². The minimum absolute atomic E-state index is 0.124. The molecule has 3 aromatic rings. The van der Waals surface area contributed by atoms with Crippen molar-refractivity contribution in [3.63, 3.8) is 0 Å². The van der Waals surface area contributed by atoms with Crippen LogP contribution in [-0.2, 0) is 11.4 Å². The number of amides is 1. The summed E-state index contributed by atoms with van der Waals surface area (Å²) in [4.78, 5) is 22.9. The number of carbonyl (C=O) groups excluding carboxylic acids is 1. The Hall–Kier alpha value is -2.98. The normalized spacial score (nSPS) is 10.8. The van der Waals surface area contributed by atoms with Gasteiger partial charge in [-0.2, -0.15) is 5.26 Å². The Kier molecular flexibility index (Phi) is 8.18. The fourth-order valence-corrected chi connectivity index (χ4v) is 4.87. The molecular weight excluding hydrogens is 636 g/mol. The Labute approximate surface area is 211 Å². The molecule has 0 spiro atoms. The molecule has 3 rings (SSSR count). The highest BCUT2D eigenvalue weighted by Crippen LogP contribution is 2.30. The number of hydrogen-bond donors (Lipinski definition) is 1. The number of ether oxygens (including phenoxy) is 1. The first-order chi connectivity index (χ1) is 15.4. The van der Waals surface area contributed by atoms with Crippen molar-refractivity contribution in [2.24, 2.45) is 0 Å². The van der Waals surface area contributed by atoms with E-state index in [0.717, 1.165) is 18.5 Å². The molecule has 3 aromatic carbocycles. The van der Waals surface area contributed by atoms with Crippen LogP contribution >= 0.6 is 45.2 Å². The predicted octanol–water partition coefficient (Wildman–Crippen LogP) is 5.93. The SMILES string of the molecule is N#C/C(=C\c1cc(I)c(OCc2ccccc2)c(I)c1)C(=O)Nc1cccc([N+](=O)[O-])c1. The number of halogens is 2. The Bertz CT molecular complexity index is 1210. The van der Waals surface area contributed by atoms with E-state index in [0.29, 0.717) is 12.2 Å². The second-order valence-corrected chi connectivity index (χ2v) is 8.84. The zero-order valence-electron chi connectivity index (χ0n) is 16.4. The molecular formula is C23H15I2N3O4. The molecule has 32 heavy (non-hydrogen) atoms. The third kappa shape index (κ3) is 6.27. The number of nitro groups is 1. The molecule has 0 unspecified atom stereocenters. The lowest BCUT2D eigenvalue weighted by molar-refractivity contribution is -0.384. The van der Waals surface area contributed by atoms with Crippen molar-refractivity contribution in [2.45, 2.75) is 6.61 Å². The number of non-ortho nitro benzene ring substituents is 1. The molecule has 1 amide bonds. The molecule has 0 radical (unpaired) electrons. The summed E-state index contributed by atoms with van der Waals surface area (Å²) in [6.45, 7) is 0.428. The lowest BCUT2D eigenvalue weighted by atomic mass is 10.1. The minimum Gasteiger partial charge on any atom is -0.487 e. The monoisotopic (exact) mass is 651 g/mol. The Morgan fingerprint density at radius 2 is 1.78 bits per heavy atom. The first-order valence-electron chi connectivity index (χ1n) is 9.20. The quantitative estimate of drug-likeness (QED) is 0.112. The third-order valence-electron chi connectivity index (χ3n) is 4.24. The molecule has 0 aliphatic carbocycles. The number of nitro benzene ring substituents is 1. The molecule has 1 N–H and O–H groups in total. The second-order valence-electron chi connectivity index (χ2n) is 6.52. The van der Waals surface area contributed by atoms with Crippen molar-refractivity contribution in [1.82, 2.24) is 0 Å². The Balaban J connectivity index is 1.78. The first-order valence-corrected chi connectivity index (χ1v) is 11.4. The van der Waals surface area contributed by atoms with Gasteiger partial charge in [-0.05, 0) is 80.6 Å². The van der Waals surface area contributed by atoms with Gasteiger partial charge in [-0.15, -0.1) is 0 Å². The van der Waals surface area contributed by atoms with E-state index in [1.54, 1.807) is 0 Å². The van der Waals surface area contributed by atoms with Gasteiger partial charge in [-0.1, -0.05) is 36.4 Å². The van der Waals surface area contributed by atoms with Crippen LogP contribution < -0.4 is 10.1 Å². The maximum atomic E-state index is 12.5. The van der Waals surface area contributed by atoms with Crippen molar-refractivity contribution in [3.05, 3.63) is 101 Å². The molecule has 0 fully saturated rings. The van der Waals surface area contributed by atoms with E-state index >= 15 is 0 Å². The fourth-order valence-electron chi connectivity index (χ4n) is 2.74. The molecule has 0 atom stereocenters. The standard InChI is InChI=1S/C23H15I2N3O4/c24-20-10-16(11-21(25)22(20)32-14-15-5-2-1-3-6-15)9-17(13-26)23(29)27-18-7-4-8-19(12-18)28(30)31/h1-12H,14H2,(H,27,29)/b17-9+. The molecule has 160 valence electrons. The van der Waals surface area contributed by atoms with Gasteiger partial charge in [0.25, 0.3) is 11.6 Å². The molecule has 0 saturated heterocycles. The highest BCUT2D eigenvalue weighted by molar-refractivity contribution is 14.1. The number of hydrogen-bond acceptors (Lipinski definition) is 5. The van der Waals surface area contributed by atoms with Crippen LogP contribution in [0.4, 0.5) is 11.4 Å². The summed E-state index contributed by atoms with van der Waals surface area (Å²) in [5.41, 5.74) is 1.67. The van der Waals surface area contributed by atoms with E-state index in [4.69, 9.17) is 4.74 Å². The van der Waals surface area contributed by atoms with Crippen LogP contribution in [0, 0.1) is 28.6 Å². The van der Waals surface area contributed by atoms with Crippen LogP contribution in [0.2, 0.25) is 0 Å². The molecule has 0 aliphatic heterocycles. The van der Waals surface area contributed by atoms with Gasteiger partial charge >= 0.3 is 0 Å².